The molecule has 0 aromatic heterocycles. The van der Waals surface area contributed by atoms with Gasteiger partial charge < -0.3 is 10.4 Å². The van der Waals surface area contributed by atoms with Gasteiger partial charge in [-0.3, -0.25) is 4.79 Å². The molecule has 3 atom stereocenters. The van der Waals surface area contributed by atoms with Gasteiger partial charge in [-0.1, -0.05) is 6.42 Å². The summed E-state index contributed by atoms with van der Waals surface area (Å²) in [5.74, 6) is -1.37. The Morgan fingerprint density at radius 1 is 1.53 bits per heavy atom. The lowest BCUT2D eigenvalue weighted by Gasteiger charge is -2.25. The van der Waals surface area contributed by atoms with Gasteiger partial charge in [0, 0.05) is 5.25 Å². The van der Waals surface area contributed by atoms with Crippen molar-refractivity contribution < 1.29 is 23.1 Å². The molecule has 1 fully saturated rings. The van der Waals surface area contributed by atoms with Crippen molar-refractivity contribution in [2.45, 2.75) is 42.5 Å². The highest BCUT2D eigenvalue weighted by Crippen LogP contribution is 2.43. The topological polar surface area (TPSA) is 73.1 Å². The van der Waals surface area contributed by atoms with Gasteiger partial charge in [0.15, 0.2) is 0 Å². The highest BCUT2D eigenvalue weighted by Gasteiger charge is 2.43. The number of carbonyl (C=O) groups is 1. The standard InChI is InChI=1S/C11H15F3N2O2S/c1-10(5-15,6-17)16-9(18)7-3-2-4-8(7)19-11(12,13)14/h7-8,17H,2-4,6H2,1H3,(H,16,18). The van der Waals surface area contributed by atoms with E-state index in [0.29, 0.717) is 19.3 Å². The van der Waals surface area contributed by atoms with Crippen LogP contribution in [0.4, 0.5) is 13.2 Å². The van der Waals surface area contributed by atoms with Crippen molar-refractivity contribution in [3.63, 3.8) is 0 Å². The molecule has 19 heavy (non-hydrogen) atoms. The lowest BCUT2D eigenvalue weighted by molar-refractivity contribution is -0.126. The van der Waals surface area contributed by atoms with E-state index in [9.17, 15) is 18.0 Å². The Hall–Kier alpha value is -0.940. The van der Waals surface area contributed by atoms with Crippen LogP contribution in [0.2, 0.25) is 0 Å². The number of carbonyl (C=O) groups excluding carboxylic acids is 1. The maximum absolute atomic E-state index is 12.4. The van der Waals surface area contributed by atoms with Crippen molar-refractivity contribution in [3.8, 4) is 6.07 Å². The molecule has 0 aromatic rings. The van der Waals surface area contributed by atoms with Crippen LogP contribution in [0.15, 0.2) is 0 Å². The van der Waals surface area contributed by atoms with E-state index in [2.05, 4.69) is 5.32 Å². The number of amides is 1. The molecule has 0 spiro atoms. The van der Waals surface area contributed by atoms with Crippen LogP contribution in [-0.2, 0) is 4.79 Å². The van der Waals surface area contributed by atoms with Crippen LogP contribution in [-0.4, -0.2) is 33.9 Å². The summed E-state index contributed by atoms with van der Waals surface area (Å²) in [6.45, 7) is 0.741. The molecule has 0 heterocycles. The van der Waals surface area contributed by atoms with Crippen LogP contribution in [0.25, 0.3) is 0 Å². The summed E-state index contributed by atoms with van der Waals surface area (Å²) in [6, 6.07) is 1.73. The van der Waals surface area contributed by atoms with Gasteiger partial charge in [-0.15, -0.1) is 0 Å². The van der Waals surface area contributed by atoms with Crippen molar-refractivity contribution in [2.24, 2.45) is 5.92 Å². The van der Waals surface area contributed by atoms with Gasteiger partial charge in [0.2, 0.25) is 5.91 Å². The normalized spacial score (nSPS) is 26.5. The molecule has 4 nitrogen and oxygen atoms in total. The first kappa shape index (κ1) is 16.1. The zero-order valence-electron chi connectivity index (χ0n) is 10.3. The molecule has 0 aromatic carbocycles. The highest BCUT2D eigenvalue weighted by molar-refractivity contribution is 8.00. The van der Waals surface area contributed by atoms with Crippen LogP contribution in [0.3, 0.4) is 0 Å². The summed E-state index contributed by atoms with van der Waals surface area (Å²) < 4.78 is 37.1. The SMILES string of the molecule is CC(C#N)(CO)NC(=O)C1CCCC1SC(F)(F)F. The molecule has 8 heteroatoms. The molecule has 1 aliphatic rings. The highest BCUT2D eigenvalue weighted by atomic mass is 32.2. The average molecular weight is 296 g/mol. The Morgan fingerprint density at radius 2 is 2.16 bits per heavy atom. The summed E-state index contributed by atoms with van der Waals surface area (Å²) >= 11 is -0.164. The molecule has 108 valence electrons. The number of aliphatic hydroxyl groups excluding tert-OH is 1. The van der Waals surface area contributed by atoms with E-state index in [0.717, 1.165) is 0 Å². The Labute approximate surface area is 113 Å². The van der Waals surface area contributed by atoms with E-state index < -0.39 is 34.7 Å². The summed E-state index contributed by atoms with van der Waals surface area (Å²) in [6.07, 6.45) is 1.24. The molecule has 1 saturated carbocycles. The number of halogens is 3. The third-order valence-electron chi connectivity index (χ3n) is 3.04. The maximum Gasteiger partial charge on any atom is 0.442 e. The average Bonchev–Trinajstić information content (AvgIpc) is 2.74. The number of hydrogen-bond acceptors (Lipinski definition) is 4. The Bertz CT molecular complexity index is 383. The monoisotopic (exact) mass is 296 g/mol. The predicted octanol–water partition coefficient (Wildman–Crippen LogP) is 1.80. The van der Waals surface area contributed by atoms with Gasteiger partial charge in [0.05, 0.1) is 18.6 Å². The fourth-order valence-electron chi connectivity index (χ4n) is 2.01. The van der Waals surface area contributed by atoms with Gasteiger partial charge in [-0.25, -0.2) is 0 Å². The zero-order chi connectivity index (χ0) is 14.7. The molecule has 1 amide bonds. The van der Waals surface area contributed by atoms with E-state index in [1.165, 1.54) is 6.92 Å². The summed E-state index contributed by atoms with van der Waals surface area (Å²) in [7, 11) is 0. The van der Waals surface area contributed by atoms with E-state index in [-0.39, 0.29) is 11.8 Å². The van der Waals surface area contributed by atoms with Crippen LogP contribution >= 0.6 is 11.8 Å². The fourth-order valence-corrected chi connectivity index (χ4v) is 3.06. The number of hydrogen-bond donors (Lipinski definition) is 2. The van der Waals surface area contributed by atoms with E-state index >= 15 is 0 Å². The first-order chi connectivity index (χ1) is 8.71. The molecule has 0 radical (unpaired) electrons. The third kappa shape index (κ3) is 4.58. The van der Waals surface area contributed by atoms with Gasteiger partial charge in [-0.05, 0) is 31.5 Å². The number of rotatable bonds is 4. The smallest absolute Gasteiger partial charge is 0.393 e. The lowest BCUT2D eigenvalue weighted by atomic mass is 10.0. The van der Waals surface area contributed by atoms with E-state index in [4.69, 9.17) is 10.4 Å². The number of aliphatic hydroxyl groups is 1. The minimum absolute atomic E-state index is 0.164. The Kier molecular flexibility index (Phi) is 5.10. The molecule has 2 N–H and O–H groups in total. The van der Waals surface area contributed by atoms with Gasteiger partial charge >= 0.3 is 5.51 Å². The van der Waals surface area contributed by atoms with Crippen molar-refractivity contribution in [2.75, 3.05) is 6.61 Å². The van der Waals surface area contributed by atoms with Crippen LogP contribution < -0.4 is 5.32 Å². The Morgan fingerprint density at radius 3 is 2.63 bits per heavy atom. The summed E-state index contributed by atoms with van der Waals surface area (Å²) in [5.41, 5.74) is -5.82. The number of nitrogens with zero attached hydrogens (tertiary/aromatic N) is 1. The van der Waals surface area contributed by atoms with E-state index in [1.54, 1.807) is 6.07 Å². The second-order valence-electron chi connectivity index (χ2n) is 4.73. The maximum atomic E-state index is 12.4. The number of nitriles is 1. The van der Waals surface area contributed by atoms with Crippen LogP contribution in [0.5, 0.6) is 0 Å². The number of alkyl halides is 3. The molecular weight excluding hydrogens is 281 g/mol. The first-order valence-electron chi connectivity index (χ1n) is 5.79. The predicted molar refractivity (Wildman–Crippen MR) is 64.0 cm³/mol. The van der Waals surface area contributed by atoms with Crippen molar-refractivity contribution >= 4 is 17.7 Å². The number of nitrogens with one attached hydrogen (secondary N) is 1. The summed E-state index contributed by atoms with van der Waals surface area (Å²) in [5, 5.41) is 19.3. The van der Waals surface area contributed by atoms with Gasteiger partial charge in [-0.2, -0.15) is 18.4 Å². The van der Waals surface area contributed by atoms with Crippen LogP contribution in [0, 0.1) is 17.2 Å². The van der Waals surface area contributed by atoms with Crippen molar-refractivity contribution in [1.29, 1.82) is 5.26 Å². The second kappa shape index (κ2) is 6.01. The molecule has 0 bridgehead atoms. The van der Waals surface area contributed by atoms with Gasteiger partial charge in [0.25, 0.3) is 0 Å². The van der Waals surface area contributed by atoms with Crippen molar-refractivity contribution in [3.05, 3.63) is 0 Å². The molecule has 1 aliphatic carbocycles. The molecular formula is C11H15F3N2O2S. The number of thioether (sulfide) groups is 1. The second-order valence-corrected chi connectivity index (χ2v) is 6.03. The van der Waals surface area contributed by atoms with Gasteiger partial charge in [0.1, 0.15) is 5.54 Å². The quantitative estimate of drug-likeness (QED) is 0.829. The minimum Gasteiger partial charge on any atom is -0.393 e. The zero-order valence-corrected chi connectivity index (χ0v) is 11.1. The molecule has 3 unspecified atom stereocenters. The fraction of sp³-hybridized carbons (Fsp3) is 0.818. The molecule has 1 rings (SSSR count). The minimum atomic E-state index is -4.37. The molecule has 0 aliphatic heterocycles. The van der Waals surface area contributed by atoms with E-state index in [1.807, 2.05) is 0 Å². The largest absolute Gasteiger partial charge is 0.442 e. The van der Waals surface area contributed by atoms with Crippen LogP contribution in [0.1, 0.15) is 26.2 Å². The molecule has 0 saturated heterocycles. The summed E-state index contributed by atoms with van der Waals surface area (Å²) in [4.78, 5) is 11.9. The Balaban J connectivity index is 2.68. The first-order valence-corrected chi connectivity index (χ1v) is 6.67. The lowest BCUT2D eigenvalue weighted by Crippen LogP contribution is -2.50. The third-order valence-corrected chi connectivity index (χ3v) is 4.17. The van der Waals surface area contributed by atoms with Crippen molar-refractivity contribution in [1.82, 2.24) is 5.32 Å².